The molecule has 0 radical (unpaired) electrons. The van der Waals surface area contributed by atoms with Gasteiger partial charge >= 0.3 is 0 Å². The fraction of sp³-hybridized carbons (Fsp3) is 0.667. The summed E-state index contributed by atoms with van der Waals surface area (Å²) in [5, 5.41) is 0. The maximum absolute atomic E-state index is 5.61. The van der Waals surface area contributed by atoms with Crippen molar-refractivity contribution in [2.45, 2.75) is 51.9 Å². The molecule has 0 aromatic carbocycles. The highest BCUT2D eigenvalue weighted by Gasteiger charge is 1.96. The number of ether oxygens (including phenoxy) is 1. The van der Waals surface area contributed by atoms with Crippen molar-refractivity contribution in [3.63, 3.8) is 0 Å². The molecule has 0 unspecified atom stereocenters. The van der Waals surface area contributed by atoms with Gasteiger partial charge in [0, 0.05) is 29.6 Å². The molecule has 102 valence electrons. The van der Waals surface area contributed by atoms with Crippen molar-refractivity contribution >= 4 is 15.9 Å². The molecular formula is C15H24BrNO. The maximum atomic E-state index is 5.61. The van der Waals surface area contributed by atoms with Gasteiger partial charge in [-0.05, 0) is 53.7 Å². The molecule has 0 aliphatic rings. The third-order valence-corrected chi connectivity index (χ3v) is 3.37. The van der Waals surface area contributed by atoms with E-state index in [-0.39, 0.29) is 0 Å². The van der Waals surface area contributed by atoms with Crippen LogP contribution in [0.4, 0.5) is 0 Å². The number of pyridine rings is 1. The molecule has 0 spiro atoms. The molecule has 18 heavy (non-hydrogen) atoms. The zero-order valence-corrected chi connectivity index (χ0v) is 12.9. The van der Waals surface area contributed by atoms with Crippen LogP contribution in [0.25, 0.3) is 0 Å². The third kappa shape index (κ3) is 7.83. The van der Waals surface area contributed by atoms with Crippen molar-refractivity contribution in [2.75, 3.05) is 13.2 Å². The Labute approximate surface area is 119 Å². The average molecular weight is 314 g/mol. The summed E-state index contributed by atoms with van der Waals surface area (Å²) in [7, 11) is 0. The monoisotopic (exact) mass is 313 g/mol. The van der Waals surface area contributed by atoms with Crippen LogP contribution in [0.1, 0.15) is 51.1 Å². The molecule has 1 heterocycles. The fourth-order valence-electron chi connectivity index (χ4n) is 1.80. The zero-order chi connectivity index (χ0) is 13.1. The molecular weight excluding hydrogens is 290 g/mol. The Bertz CT molecular complexity index is 300. The summed E-state index contributed by atoms with van der Waals surface area (Å²) in [6.45, 7) is 4.05. The summed E-state index contributed by atoms with van der Waals surface area (Å²) in [4.78, 5) is 4.36. The standard InChI is InChI=1S/C15H24BrNO/c1-2-3-4-6-11-18-12-7-5-8-15-10-9-14(16)13-17-15/h9-10,13H,2-8,11-12H2,1H3. The summed E-state index contributed by atoms with van der Waals surface area (Å²) in [5.74, 6) is 0. The number of hydrogen-bond donors (Lipinski definition) is 0. The minimum Gasteiger partial charge on any atom is -0.381 e. The highest BCUT2D eigenvalue weighted by molar-refractivity contribution is 9.10. The number of rotatable bonds is 10. The number of nitrogens with zero attached hydrogens (tertiary/aromatic N) is 1. The lowest BCUT2D eigenvalue weighted by molar-refractivity contribution is 0.126. The van der Waals surface area contributed by atoms with Gasteiger partial charge in [-0.25, -0.2) is 0 Å². The SMILES string of the molecule is CCCCCCOCCCCc1ccc(Br)cn1. The van der Waals surface area contributed by atoms with E-state index in [9.17, 15) is 0 Å². The lowest BCUT2D eigenvalue weighted by atomic mass is 10.2. The Kier molecular flexibility index (Phi) is 9.13. The lowest BCUT2D eigenvalue weighted by Gasteiger charge is -2.04. The van der Waals surface area contributed by atoms with Gasteiger partial charge in [0.1, 0.15) is 0 Å². The molecule has 1 aromatic heterocycles. The summed E-state index contributed by atoms with van der Waals surface area (Å²) < 4.78 is 6.65. The largest absolute Gasteiger partial charge is 0.381 e. The van der Waals surface area contributed by atoms with Crippen LogP contribution in [-0.4, -0.2) is 18.2 Å². The molecule has 2 nitrogen and oxygen atoms in total. The van der Waals surface area contributed by atoms with E-state index in [1.165, 1.54) is 31.4 Å². The zero-order valence-electron chi connectivity index (χ0n) is 11.3. The molecule has 0 fully saturated rings. The van der Waals surface area contributed by atoms with Crippen LogP contribution >= 0.6 is 15.9 Å². The van der Waals surface area contributed by atoms with Gasteiger partial charge in [-0.1, -0.05) is 26.2 Å². The van der Waals surface area contributed by atoms with Gasteiger partial charge in [-0.2, -0.15) is 0 Å². The highest BCUT2D eigenvalue weighted by atomic mass is 79.9. The van der Waals surface area contributed by atoms with Crippen LogP contribution in [0.3, 0.4) is 0 Å². The summed E-state index contributed by atoms with van der Waals surface area (Å²) in [5.41, 5.74) is 1.17. The molecule has 0 amide bonds. The number of unbranched alkanes of at least 4 members (excludes halogenated alkanes) is 4. The van der Waals surface area contributed by atoms with Crippen molar-refractivity contribution in [3.05, 3.63) is 28.5 Å². The normalized spacial score (nSPS) is 10.8. The van der Waals surface area contributed by atoms with Crippen LogP contribution in [0.15, 0.2) is 22.8 Å². The fourth-order valence-corrected chi connectivity index (χ4v) is 2.03. The predicted molar refractivity (Wildman–Crippen MR) is 79.8 cm³/mol. The quantitative estimate of drug-likeness (QED) is 0.581. The van der Waals surface area contributed by atoms with E-state index in [1.807, 2.05) is 12.3 Å². The molecule has 0 saturated heterocycles. The van der Waals surface area contributed by atoms with Crippen molar-refractivity contribution in [3.8, 4) is 0 Å². The van der Waals surface area contributed by atoms with E-state index >= 15 is 0 Å². The van der Waals surface area contributed by atoms with E-state index in [1.54, 1.807) is 0 Å². The molecule has 0 aliphatic carbocycles. The van der Waals surface area contributed by atoms with E-state index in [0.29, 0.717) is 0 Å². The molecule has 0 N–H and O–H groups in total. The number of aryl methyl sites for hydroxylation is 1. The second-order valence-corrected chi connectivity index (χ2v) is 5.51. The molecule has 0 bridgehead atoms. The maximum Gasteiger partial charge on any atom is 0.0466 e. The second kappa shape index (κ2) is 10.5. The Hall–Kier alpha value is -0.410. The molecule has 0 saturated carbocycles. The van der Waals surface area contributed by atoms with Gasteiger partial charge in [-0.3, -0.25) is 4.98 Å². The van der Waals surface area contributed by atoms with Crippen molar-refractivity contribution in [2.24, 2.45) is 0 Å². The van der Waals surface area contributed by atoms with E-state index in [4.69, 9.17) is 4.74 Å². The highest BCUT2D eigenvalue weighted by Crippen LogP contribution is 2.09. The molecule has 1 aromatic rings. The molecule has 3 heteroatoms. The predicted octanol–water partition coefficient (Wildman–Crippen LogP) is 4.76. The minimum absolute atomic E-state index is 0.892. The van der Waals surface area contributed by atoms with Crippen LogP contribution in [0.2, 0.25) is 0 Å². The van der Waals surface area contributed by atoms with E-state index < -0.39 is 0 Å². The second-order valence-electron chi connectivity index (χ2n) is 4.60. The Balaban J connectivity index is 1.91. The number of halogens is 1. The first-order valence-corrected chi connectivity index (χ1v) is 7.80. The first kappa shape index (κ1) is 15.6. The summed E-state index contributed by atoms with van der Waals surface area (Å²) in [6, 6.07) is 4.13. The smallest absolute Gasteiger partial charge is 0.0466 e. The average Bonchev–Trinajstić information content (AvgIpc) is 2.39. The first-order chi connectivity index (χ1) is 8.83. The van der Waals surface area contributed by atoms with Gasteiger partial charge in [0.15, 0.2) is 0 Å². The Morgan fingerprint density at radius 1 is 1.06 bits per heavy atom. The van der Waals surface area contributed by atoms with Gasteiger partial charge in [0.2, 0.25) is 0 Å². The lowest BCUT2D eigenvalue weighted by Crippen LogP contribution is -1.98. The molecule has 1 rings (SSSR count). The summed E-state index contributed by atoms with van der Waals surface area (Å²) in [6.07, 6.45) is 10.3. The Morgan fingerprint density at radius 2 is 1.83 bits per heavy atom. The van der Waals surface area contributed by atoms with Crippen molar-refractivity contribution in [1.82, 2.24) is 4.98 Å². The van der Waals surface area contributed by atoms with Gasteiger partial charge < -0.3 is 4.74 Å². The number of aromatic nitrogens is 1. The van der Waals surface area contributed by atoms with Crippen LogP contribution in [0.5, 0.6) is 0 Å². The van der Waals surface area contributed by atoms with Gasteiger partial charge in [0.25, 0.3) is 0 Å². The van der Waals surface area contributed by atoms with Crippen LogP contribution < -0.4 is 0 Å². The summed E-state index contributed by atoms with van der Waals surface area (Å²) >= 11 is 3.39. The van der Waals surface area contributed by atoms with Gasteiger partial charge in [0.05, 0.1) is 0 Å². The van der Waals surface area contributed by atoms with Crippen LogP contribution in [-0.2, 0) is 11.2 Å². The third-order valence-electron chi connectivity index (χ3n) is 2.90. The molecule has 0 aliphatic heterocycles. The minimum atomic E-state index is 0.892. The van der Waals surface area contributed by atoms with Gasteiger partial charge in [-0.15, -0.1) is 0 Å². The van der Waals surface area contributed by atoms with Crippen molar-refractivity contribution < 1.29 is 4.74 Å². The first-order valence-electron chi connectivity index (χ1n) is 7.01. The van der Waals surface area contributed by atoms with Crippen LogP contribution in [0, 0.1) is 0 Å². The molecule has 0 atom stereocenters. The number of hydrogen-bond acceptors (Lipinski definition) is 2. The van der Waals surface area contributed by atoms with E-state index in [0.717, 1.165) is 36.9 Å². The Morgan fingerprint density at radius 3 is 2.50 bits per heavy atom. The van der Waals surface area contributed by atoms with E-state index in [2.05, 4.69) is 33.9 Å². The van der Waals surface area contributed by atoms with Crippen molar-refractivity contribution in [1.29, 1.82) is 0 Å². The topological polar surface area (TPSA) is 22.1 Å².